The Balaban J connectivity index is 1.90. The van der Waals surface area contributed by atoms with E-state index in [4.69, 9.17) is 14.2 Å². The van der Waals surface area contributed by atoms with Gasteiger partial charge in [0, 0.05) is 26.4 Å². The summed E-state index contributed by atoms with van der Waals surface area (Å²) in [4.78, 5) is 0. The number of methoxy groups -OCH3 is 3. The van der Waals surface area contributed by atoms with E-state index in [9.17, 15) is 8.42 Å². The average molecular weight is 460 g/mol. The van der Waals surface area contributed by atoms with Gasteiger partial charge >= 0.3 is 0 Å². The first-order chi connectivity index (χ1) is 15.3. The molecule has 9 heteroatoms. The maximum atomic E-state index is 13.5. The first kappa shape index (κ1) is 23.8. The highest BCUT2D eigenvalue weighted by Crippen LogP contribution is 2.22. The second-order valence-electron chi connectivity index (χ2n) is 7.39. The summed E-state index contributed by atoms with van der Waals surface area (Å²) in [7, 11) is 0.943. The second-order valence-corrected chi connectivity index (χ2v) is 9.28. The van der Waals surface area contributed by atoms with E-state index in [-0.39, 0.29) is 24.2 Å². The molecule has 3 aromatic rings. The monoisotopic (exact) mass is 459 g/mol. The van der Waals surface area contributed by atoms with E-state index in [0.29, 0.717) is 18.0 Å². The molecule has 1 atom stereocenters. The van der Waals surface area contributed by atoms with Crippen LogP contribution in [0.5, 0.6) is 11.5 Å². The summed E-state index contributed by atoms with van der Waals surface area (Å²) in [6, 6.07) is 16.2. The van der Waals surface area contributed by atoms with Gasteiger partial charge in [-0.25, -0.2) is 8.42 Å². The Kier molecular flexibility index (Phi) is 7.89. The predicted molar refractivity (Wildman–Crippen MR) is 121 cm³/mol. The van der Waals surface area contributed by atoms with Crippen LogP contribution in [0.3, 0.4) is 0 Å². The molecule has 2 aromatic carbocycles. The predicted octanol–water partition coefficient (Wildman–Crippen LogP) is 3.33. The molecule has 0 spiro atoms. The van der Waals surface area contributed by atoms with Gasteiger partial charge in [-0.05, 0) is 48.4 Å². The lowest BCUT2D eigenvalue weighted by Gasteiger charge is -2.22. The van der Waals surface area contributed by atoms with Crippen LogP contribution in [0.2, 0.25) is 0 Å². The molecule has 1 heterocycles. The van der Waals surface area contributed by atoms with E-state index in [1.807, 2.05) is 55.5 Å². The molecule has 0 saturated heterocycles. The minimum atomic E-state index is -3.85. The molecule has 8 nitrogen and oxygen atoms in total. The van der Waals surface area contributed by atoms with Gasteiger partial charge < -0.3 is 14.2 Å². The maximum absolute atomic E-state index is 13.5. The van der Waals surface area contributed by atoms with E-state index >= 15 is 0 Å². The normalized spacial score (nSPS) is 12.7. The van der Waals surface area contributed by atoms with Gasteiger partial charge in [0.05, 0.1) is 26.9 Å². The molecule has 0 bridgehead atoms. The summed E-state index contributed by atoms with van der Waals surface area (Å²) < 4.78 is 45.7. The van der Waals surface area contributed by atoms with Crippen molar-refractivity contribution in [2.45, 2.75) is 37.7 Å². The van der Waals surface area contributed by atoms with Gasteiger partial charge in [-0.2, -0.15) is 9.40 Å². The molecule has 0 saturated carbocycles. The molecule has 0 amide bonds. The van der Waals surface area contributed by atoms with Crippen LogP contribution in [-0.4, -0.2) is 49.9 Å². The summed E-state index contributed by atoms with van der Waals surface area (Å²) in [5, 5.41) is 4.30. The van der Waals surface area contributed by atoms with E-state index in [0.717, 1.165) is 11.1 Å². The molecule has 0 N–H and O–H groups in total. The molecule has 1 unspecified atom stereocenters. The maximum Gasteiger partial charge on any atom is 0.262 e. The second kappa shape index (κ2) is 10.6. The van der Waals surface area contributed by atoms with Crippen LogP contribution in [0.1, 0.15) is 18.1 Å². The lowest BCUT2D eigenvalue weighted by Crippen LogP contribution is -2.31. The lowest BCUT2D eigenvalue weighted by atomic mass is 10.2. The van der Waals surface area contributed by atoms with Gasteiger partial charge in [-0.1, -0.05) is 24.3 Å². The molecule has 0 aliphatic heterocycles. The van der Waals surface area contributed by atoms with Crippen LogP contribution in [0.4, 0.5) is 0 Å². The highest BCUT2D eigenvalue weighted by Gasteiger charge is 2.27. The molecule has 32 heavy (non-hydrogen) atoms. The summed E-state index contributed by atoms with van der Waals surface area (Å²) >= 11 is 0. The smallest absolute Gasteiger partial charge is 0.262 e. The summed E-state index contributed by atoms with van der Waals surface area (Å²) in [6.07, 6.45) is 1.57. The zero-order chi connectivity index (χ0) is 23.1. The van der Waals surface area contributed by atoms with Crippen LogP contribution in [0.25, 0.3) is 0 Å². The van der Waals surface area contributed by atoms with Gasteiger partial charge in [0.15, 0.2) is 5.03 Å². The van der Waals surface area contributed by atoms with Crippen molar-refractivity contribution >= 4 is 10.0 Å². The van der Waals surface area contributed by atoms with Gasteiger partial charge in [-0.3, -0.25) is 4.68 Å². The minimum Gasteiger partial charge on any atom is -0.497 e. The van der Waals surface area contributed by atoms with Crippen LogP contribution >= 0.6 is 0 Å². The molecular weight excluding hydrogens is 430 g/mol. The Morgan fingerprint density at radius 3 is 1.81 bits per heavy atom. The van der Waals surface area contributed by atoms with Crippen LogP contribution in [0, 0.1) is 0 Å². The van der Waals surface area contributed by atoms with Crippen molar-refractivity contribution in [1.82, 2.24) is 14.1 Å². The van der Waals surface area contributed by atoms with Crippen molar-refractivity contribution in [1.29, 1.82) is 0 Å². The number of hydrogen-bond donors (Lipinski definition) is 0. The SMILES string of the molecule is COc1ccc(CN(Cc2ccc(OC)cc2)S(=O)(=O)c2ccn(CC(C)OC)n2)cc1. The Morgan fingerprint density at radius 2 is 1.38 bits per heavy atom. The average Bonchev–Trinajstić information content (AvgIpc) is 3.28. The summed E-state index contributed by atoms with van der Waals surface area (Å²) in [5.41, 5.74) is 1.69. The number of rotatable bonds is 11. The third-order valence-electron chi connectivity index (χ3n) is 5.10. The fourth-order valence-corrected chi connectivity index (χ4v) is 4.49. The van der Waals surface area contributed by atoms with E-state index in [1.54, 1.807) is 32.2 Å². The van der Waals surface area contributed by atoms with Crippen molar-refractivity contribution in [2.75, 3.05) is 21.3 Å². The molecular formula is C23H29N3O5S. The quantitative estimate of drug-likeness (QED) is 0.437. The lowest BCUT2D eigenvalue weighted by molar-refractivity contribution is 0.0994. The topological polar surface area (TPSA) is 82.9 Å². The minimum absolute atomic E-state index is 0.00262. The van der Waals surface area contributed by atoms with Crippen molar-refractivity contribution in [3.05, 3.63) is 71.9 Å². The fourth-order valence-electron chi connectivity index (χ4n) is 3.15. The van der Waals surface area contributed by atoms with Crippen molar-refractivity contribution in [3.63, 3.8) is 0 Å². The number of ether oxygens (including phenoxy) is 3. The molecule has 0 radical (unpaired) electrons. The van der Waals surface area contributed by atoms with Crippen LogP contribution in [0.15, 0.2) is 65.8 Å². The highest BCUT2D eigenvalue weighted by molar-refractivity contribution is 7.89. The number of hydrogen-bond acceptors (Lipinski definition) is 6. The Hall–Kier alpha value is -2.88. The van der Waals surface area contributed by atoms with E-state index in [1.165, 1.54) is 10.4 Å². The van der Waals surface area contributed by atoms with Crippen LogP contribution < -0.4 is 9.47 Å². The third-order valence-corrected chi connectivity index (χ3v) is 6.79. The largest absolute Gasteiger partial charge is 0.497 e. The number of nitrogens with zero attached hydrogens (tertiary/aromatic N) is 3. The van der Waals surface area contributed by atoms with E-state index in [2.05, 4.69) is 5.10 Å². The van der Waals surface area contributed by atoms with Crippen molar-refractivity contribution < 1.29 is 22.6 Å². The van der Waals surface area contributed by atoms with Crippen molar-refractivity contribution in [3.8, 4) is 11.5 Å². The first-order valence-electron chi connectivity index (χ1n) is 10.2. The van der Waals surface area contributed by atoms with Gasteiger partial charge in [-0.15, -0.1) is 0 Å². The molecule has 0 fully saturated rings. The fraction of sp³-hybridized carbons (Fsp3) is 0.348. The van der Waals surface area contributed by atoms with Crippen LogP contribution in [-0.2, 0) is 34.4 Å². The van der Waals surface area contributed by atoms with Gasteiger partial charge in [0.1, 0.15) is 11.5 Å². The third kappa shape index (κ3) is 5.87. The van der Waals surface area contributed by atoms with Crippen molar-refractivity contribution in [2.24, 2.45) is 0 Å². The standard InChI is InChI=1S/C23H29N3O5S/c1-18(29-2)15-25-14-13-23(24-25)32(27,28)26(16-19-5-9-21(30-3)10-6-19)17-20-7-11-22(31-4)12-8-20/h5-14,18H,15-17H2,1-4H3. The zero-order valence-electron chi connectivity index (χ0n) is 18.8. The molecule has 1 aromatic heterocycles. The molecule has 0 aliphatic carbocycles. The molecule has 3 rings (SSSR count). The van der Waals surface area contributed by atoms with E-state index < -0.39 is 10.0 Å². The van der Waals surface area contributed by atoms with Gasteiger partial charge in [0.2, 0.25) is 0 Å². The molecule has 0 aliphatic rings. The Labute approximate surface area is 189 Å². The summed E-state index contributed by atoms with van der Waals surface area (Å²) in [5.74, 6) is 1.42. The van der Waals surface area contributed by atoms with Gasteiger partial charge in [0.25, 0.3) is 10.0 Å². The number of benzene rings is 2. The Morgan fingerprint density at radius 1 is 0.875 bits per heavy atom. The first-order valence-corrected chi connectivity index (χ1v) is 11.6. The number of aromatic nitrogens is 2. The zero-order valence-corrected chi connectivity index (χ0v) is 19.6. The molecule has 172 valence electrons. The Bertz CT molecular complexity index is 1050. The summed E-state index contributed by atoms with van der Waals surface area (Å²) in [6.45, 7) is 2.75. The highest BCUT2D eigenvalue weighted by atomic mass is 32.2. The number of sulfonamides is 1.